The Morgan fingerprint density at radius 3 is 1.06 bits per heavy atom. The van der Waals surface area contributed by atoms with Gasteiger partial charge < -0.3 is 23.7 Å². The van der Waals surface area contributed by atoms with Crippen molar-refractivity contribution >= 4 is 47.0 Å². The van der Waals surface area contributed by atoms with Crippen molar-refractivity contribution in [3.8, 4) is 0 Å². The third kappa shape index (κ3) is 17.9. The van der Waals surface area contributed by atoms with Crippen LogP contribution < -0.4 is 0 Å². The average molecular weight is 727 g/mol. The monoisotopic (exact) mass is 726 g/mol. The molecule has 0 saturated carbocycles. The van der Waals surface area contributed by atoms with Crippen LogP contribution in [0.15, 0.2) is 43.8 Å². The minimum absolute atomic E-state index is 0.212. The van der Waals surface area contributed by atoms with Gasteiger partial charge in [-0.2, -0.15) is 0 Å². The molecule has 0 N–H and O–H groups in total. The topological polar surface area (TPSA) is 46.2 Å². The lowest BCUT2D eigenvalue weighted by molar-refractivity contribution is -0.140. The Bertz CT molecular complexity index is 951. The highest BCUT2D eigenvalue weighted by Crippen LogP contribution is 2.34. The third-order valence-electron chi connectivity index (χ3n) is 8.29. The lowest BCUT2D eigenvalue weighted by atomic mass is 10.0. The van der Waals surface area contributed by atoms with Crippen LogP contribution in [0.4, 0.5) is 0 Å². The lowest BCUT2D eigenvalue weighted by Gasteiger charge is -2.16. The predicted octanol–water partition coefficient (Wildman–Crippen LogP) is 11.3. The van der Waals surface area contributed by atoms with Crippen LogP contribution in [0, 0.1) is 0 Å². The van der Waals surface area contributed by atoms with Crippen LogP contribution in [0.5, 0.6) is 0 Å². The Morgan fingerprint density at radius 2 is 0.745 bits per heavy atom. The second kappa shape index (κ2) is 28.3. The number of aryl methyl sites for hydroxylation is 2. The van der Waals surface area contributed by atoms with Gasteiger partial charge in [-0.3, -0.25) is 0 Å². The van der Waals surface area contributed by atoms with Crippen LogP contribution in [0.3, 0.4) is 0 Å². The largest absolute Gasteiger partial charge is 0.385 e. The van der Waals surface area contributed by atoms with Crippen molar-refractivity contribution in [3.05, 3.63) is 46.5 Å². The molecule has 2 rings (SSSR count). The van der Waals surface area contributed by atoms with Gasteiger partial charge in [0.25, 0.3) is 0 Å². The fourth-order valence-electron chi connectivity index (χ4n) is 5.65. The van der Waals surface area contributed by atoms with E-state index in [1.807, 2.05) is 0 Å². The molecule has 0 bridgehead atoms. The van der Waals surface area contributed by atoms with Crippen molar-refractivity contribution in [2.24, 2.45) is 0 Å². The lowest BCUT2D eigenvalue weighted by Crippen LogP contribution is -2.07. The van der Waals surface area contributed by atoms with E-state index in [1.54, 1.807) is 61.3 Å². The molecule has 0 radical (unpaired) electrons. The molecule has 0 aromatic heterocycles. The molecule has 5 nitrogen and oxygen atoms in total. The molecule has 0 atom stereocenters. The number of unbranched alkanes of at least 4 members (excludes halogenated alkanes) is 10. The predicted molar refractivity (Wildman–Crippen MR) is 207 cm³/mol. The summed E-state index contributed by atoms with van der Waals surface area (Å²) in [5.41, 5.74) is 5.37. The van der Waals surface area contributed by atoms with Gasteiger partial charge in [0.1, 0.15) is 13.6 Å². The maximum absolute atomic E-state index is 5.98. The third-order valence-corrected chi connectivity index (χ3v) is 11.5. The molecule has 9 heteroatoms. The Hall–Kier alpha value is -0.360. The summed E-state index contributed by atoms with van der Waals surface area (Å²) >= 11 is 7.21. The summed E-state index contributed by atoms with van der Waals surface area (Å²) in [6, 6.07) is 9.43. The van der Waals surface area contributed by atoms with E-state index in [-0.39, 0.29) is 13.6 Å². The molecular weight excluding hydrogens is 665 g/mol. The Balaban J connectivity index is 1.74. The molecule has 47 heavy (non-hydrogen) atoms. The number of hydrogen-bond donors (Lipinski definition) is 0. The summed E-state index contributed by atoms with van der Waals surface area (Å²) < 4.78 is 28.0. The molecule has 0 heterocycles. The zero-order chi connectivity index (χ0) is 34.0. The summed E-state index contributed by atoms with van der Waals surface area (Å²) in [6.45, 7) is 3.27. The van der Waals surface area contributed by atoms with E-state index in [2.05, 4.69) is 49.3 Å². The molecule has 268 valence electrons. The van der Waals surface area contributed by atoms with Gasteiger partial charge in [0.2, 0.25) is 0 Å². The fourth-order valence-corrected chi connectivity index (χ4v) is 8.52. The fraction of sp³-hybridized carbons (Fsp3) is 0.684. The molecule has 0 aliphatic heterocycles. The highest BCUT2D eigenvalue weighted by Gasteiger charge is 2.13. The Morgan fingerprint density at radius 1 is 0.426 bits per heavy atom. The molecule has 0 spiro atoms. The van der Waals surface area contributed by atoms with E-state index in [0.717, 1.165) is 26.1 Å². The first-order valence-electron chi connectivity index (χ1n) is 17.3. The Labute approximate surface area is 304 Å². The van der Waals surface area contributed by atoms with Gasteiger partial charge in [0, 0.05) is 58.1 Å². The number of hydrogen-bond acceptors (Lipinski definition) is 9. The van der Waals surface area contributed by atoms with E-state index in [1.165, 1.54) is 119 Å². The summed E-state index contributed by atoms with van der Waals surface area (Å²) in [6.07, 6.45) is 26.1. The quantitative estimate of drug-likeness (QED) is 0.0445. The SMILES string of the molecule is COCCCCCCCCc1cc(SC)c(COCOCOCc2c(SC)cc(CCCCCCCCOC)cc2SC)c(SC)c1. The zero-order valence-electron chi connectivity index (χ0n) is 30.1. The summed E-state index contributed by atoms with van der Waals surface area (Å²) in [5, 5.41) is 0. The van der Waals surface area contributed by atoms with Crippen LogP contribution in [0.25, 0.3) is 0 Å². The number of thioether (sulfide) groups is 4. The minimum Gasteiger partial charge on any atom is -0.385 e. The van der Waals surface area contributed by atoms with Crippen LogP contribution in [-0.2, 0) is 49.7 Å². The van der Waals surface area contributed by atoms with Gasteiger partial charge in [-0.15, -0.1) is 47.0 Å². The van der Waals surface area contributed by atoms with Gasteiger partial charge in [-0.25, -0.2) is 0 Å². The van der Waals surface area contributed by atoms with Crippen molar-refractivity contribution in [3.63, 3.8) is 0 Å². The second-order valence-electron chi connectivity index (χ2n) is 11.8. The standard InChI is InChI=1S/C38H62O5S4/c1-39-21-17-13-9-7-11-15-19-31-23-35(44-3)33(36(24-31)45-4)27-41-29-43-30-42-28-34-37(46-5)25-32(26-38(34)47-6)20-16-12-8-10-14-18-22-40-2/h23-26H,7-22,27-30H2,1-6H3. The molecule has 0 aliphatic carbocycles. The number of methoxy groups -OCH3 is 2. The van der Waals surface area contributed by atoms with Crippen molar-refractivity contribution in [1.29, 1.82) is 0 Å². The second-order valence-corrected chi connectivity index (χ2v) is 15.2. The van der Waals surface area contributed by atoms with Gasteiger partial charge in [-0.1, -0.05) is 51.4 Å². The molecule has 0 amide bonds. The van der Waals surface area contributed by atoms with E-state index < -0.39 is 0 Å². The molecule has 2 aromatic rings. The molecular formula is C38H62O5S4. The van der Waals surface area contributed by atoms with Crippen LogP contribution in [-0.4, -0.2) is 66.0 Å². The molecule has 0 fully saturated rings. The first kappa shape index (κ1) is 42.8. The van der Waals surface area contributed by atoms with Crippen molar-refractivity contribution in [2.45, 2.75) is 123 Å². The van der Waals surface area contributed by atoms with Gasteiger partial charge in [-0.05, 0) is 98.9 Å². The van der Waals surface area contributed by atoms with E-state index in [4.69, 9.17) is 23.7 Å². The highest BCUT2D eigenvalue weighted by atomic mass is 32.2. The maximum Gasteiger partial charge on any atom is 0.150 e. The van der Waals surface area contributed by atoms with Crippen molar-refractivity contribution in [1.82, 2.24) is 0 Å². The first-order valence-corrected chi connectivity index (χ1v) is 22.2. The smallest absolute Gasteiger partial charge is 0.150 e. The number of ether oxygens (including phenoxy) is 5. The Kier molecular flexibility index (Phi) is 25.8. The van der Waals surface area contributed by atoms with E-state index in [0.29, 0.717) is 13.2 Å². The van der Waals surface area contributed by atoms with E-state index in [9.17, 15) is 0 Å². The number of benzene rings is 2. The normalized spacial score (nSPS) is 11.5. The summed E-state index contributed by atoms with van der Waals surface area (Å²) in [5.74, 6) is 0. The first-order chi connectivity index (χ1) is 23.1. The van der Waals surface area contributed by atoms with Crippen LogP contribution >= 0.6 is 47.0 Å². The van der Waals surface area contributed by atoms with E-state index >= 15 is 0 Å². The summed E-state index contributed by atoms with van der Waals surface area (Å²) in [4.78, 5) is 5.22. The van der Waals surface area contributed by atoms with Crippen LogP contribution in [0.1, 0.15) is 99.3 Å². The average Bonchev–Trinajstić information content (AvgIpc) is 3.10. The van der Waals surface area contributed by atoms with Crippen molar-refractivity contribution < 1.29 is 23.7 Å². The molecule has 0 saturated heterocycles. The molecule has 0 aliphatic rings. The van der Waals surface area contributed by atoms with Gasteiger partial charge in [0.05, 0.1) is 13.2 Å². The van der Waals surface area contributed by atoms with Gasteiger partial charge in [0.15, 0.2) is 0 Å². The minimum atomic E-state index is 0.212. The van der Waals surface area contributed by atoms with Crippen LogP contribution in [0.2, 0.25) is 0 Å². The zero-order valence-corrected chi connectivity index (χ0v) is 33.4. The number of rotatable bonds is 30. The van der Waals surface area contributed by atoms with Crippen molar-refractivity contribution in [2.75, 3.05) is 66.0 Å². The summed E-state index contributed by atoms with van der Waals surface area (Å²) in [7, 11) is 3.57. The van der Waals surface area contributed by atoms with Gasteiger partial charge >= 0.3 is 0 Å². The highest BCUT2D eigenvalue weighted by molar-refractivity contribution is 7.99. The maximum atomic E-state index is 5.98. The molecule has 0 unspecified atom stereocenters. The molecule has 2 aromatic carbocycles.